The Hall–Kier alpha value is -2.70. The molecule has 1 unspecified atom stereocenters. The van der Waals surface area contributed by atoms with E-state index in [0.717, 1.165) is 34.2 Å². The van der Waals surface area contributed by atoms with Gasteiger partial charge in [-0.3, -0.25) is 29.9 Å². The van der Waals surface area contributed by atoms with Gasteiger partial charge in [0.15, 0.2) is 0 Å². The van der Waals surface area contributed by atoms with Crippen LogP contribution in [0.5, 0.6) is 0 Å². The molecule has 6 aromatic heterocycles. The molecule has 0 saturated heterocycles. The van der Waals surface area contributed by atoms with Gasteiger partial charge in [0, 0.05) is 93.9 Å². The molecule has 6 heterocycles. The zero-order valence-electron chi connectivity index (χ0n) is 52.6. The van der Waals surface area contributed by atoms with Gasteiger partial charge in [-0.2, -0.15) is 0 Å². The second-order valence-corrected chi connectivity index (χ2v) is 16.2. The summed E-state index contributed by atoms with van der Waals surface area (Å²) in [6.07, 6.45) is 7.56. The molecule has 0 spiro atoms. The molecule has 6 rings (SSSR count). The van der Waals surface area contributed by atoms with Crippen molar-refractivity contribution in [2.24, 2.45) is 0 Å². The van der Waals surface area contributed by atoms with Gasteiger partial charge in [-0.05, 0) is 113 Å². The van der Waals surface area contributed by atoms with E-state index in [1.807, 2.05) is 151 Å². The summed E-state index contributed by atoms with van der Waals surface area (Å²) in [6, 6.07) is 34.6. The topological polar surface area (TPSA) is 439 Å². The molecule has 3 atom stereocenters. The molecular weight excluding hydrogens is 1460 g/mol. The van der Waals surface area contributed by atoms with Crippen LogP contribution in [0.25, 0.3) is 31.9 Å². The molecule has 0 aliphatic rings. The molecule has 0 aliphatic heterocycles. The summed E-state index contributed by atoms with van der Waals surface area (Å²) in [5, 5.41) is 101. The van der Waals surface area contributed by atoms with Gasteiger partial charge in [0.25, 0.3) is 0 Å². The number of nitrogens with zero attached hydrogens (tertiary/aromatic N) is 12. The van der Waals surface area contributed by atoms with Crippen molar-refractivity contribution in [2.45, 2.75) is 158 Å². The predicted molar refractivity (Wildman–Crippen MR) is 342 cm³/mol. The first-order chi connectivity index (χ1) is 39.2. The van der Waals surface area contributed by atoms with E-state index in [0.29, 0.717) is 97.8 Å². The van der Waals surface area contributed by atoms with E-state index < -0.39 is 37.2 Å². The third-order valence-electron chi connectivity index (χ3n) is 8.88. The molecule has 0 aromatic carbocycles. The van der Waals surface area contributed by atoms with E-state index in [4.69, 9.17) is 30.6 Å². The Morgan fingerprint density at radius 3 is 0.567 bits per heavy atom. The Kier molecular flexibility index (Phi) is 113. The predicted octanol–water partition coefficient (Wildman–Crippen LogP) is 7.30. The van der Waals surface area contributed by atoms with Gasteiger partial charge >= 0.3 is 102 Å². The van der Waals surface area contributed by atoms with Gasteiger partial charge in [-0.15, -0.1) is 78.5 Å². The van der Waals surface area contributed by atoms with E-state index in [2.05, 4.69) is 61.8 Å². The smallest absolute Gasteiger partial charge is 0.657 e. The maximum absolute atomic E-state index is 9.83. The second kappa shape index (κ2) is 88.4. The zero-order valence-corrected chi connectivity index (χ0v) is 58.3. The van der Waals surface area contributed by atoms with Crippen LogP contribution in [0.3, 0.4) is 0 Å². The Morgan fingerprint density at radius 1 is 0.289 bits per heavy atom. The SMILES string of the molecule is CC.CC.CC.CC(O)O.CC(O)O.CC(O)O.O.O.O.OC(CC[N-]Cc1ccccn1)C[N-]Cc1ccccn1.O[C@@H](CC[N-]Cc1ccccn1)C[N-]Cc1ccccn1.O[C@H](CC[N-]Cc1ccccn1)C[N-]Cc1ccccn1.[Cu+].[Cu+].[Cu+].[Cu+].[Cu+].[Cu+].[HH].[HH].[HH]. The van der Waals surface area contributed by atoms with Crippen LogP contribution < -0.4 is 0 Å². The van der Waals surface area contributed by atoms with Crippen molar-refractivity contribution in [3.63, 3.8) is 0 Å². The Morgan fingerprint density at radius 2 is 0.433 bits per heavy atom. The Balaban J connectivity index is -0.0000000630. The molecule has 0 saturated carbocycles. The Bertz CT molecular complexity index is 1920. The number of pyridine rings is 6. The zero-order chi connectivity index (χ0) is 61.0. The quantitative estimate of drug-likeness (QED) is 0.0139. The van der Waals surface area contributed by atoms with Gasteiger partial charge in [0.1, 0.15) is 18.9 Å². The van der Waals surface area contributed by atoms with Crippen LogP contribution in [0.2, 0.25) is 0 Å². The summed E-state index contributed by atoms with van der Waals surface area (Å²) in [5.74, 6) is 0. The van der Waals surface area contributed by atoms with Crippen molar-refractivity contribution in [1.82, 2.24) is 29.9 Å². The van der Waals surface area contributed by atoms with Gasteiger partial charge < -0.3 is 94.3 Å². The van der Waals surface area contributed by atoms with Gasteiger partial charge in [0.2, 0.25) is 0 Å². The van der Waals surface area contributed by atoms with Crippen LogP contribution in [-0.2, 0) is 142 Å². The van der Waals surface area contributed by atoms with Crippen molar-refractivity contribution in [3.8, 4) is 0 Å². The molecule has 0 aliphatic carbocycles. The van der Waals surface area contributed by atoms with E-state index >= 15 is 0 Å². The molecule has 0 radical (unpaired) electrons. The minimum absolute atomic E-state index is 0. The van der Waals surface area contributed by atoms with Crippen molar-refractivity contribution < 1.29 is 169 Å². The maximum Gasteiger partial charge on any atom is 1.00 e. The van der Waals surface area contributed by atoms with E-state index in [9.17, 15) is 15.3 Å². The minimum atomic E-state index is -1.17. The number of aliphatic hydroxyl groups is 9. The van der Waals surface area contributed by atoms with Crippen LogP contribution >= 0.6 is 0 Å². The van der Waals surface area contributed by atoms with Crippen LogP contribution in [0.15, 0.2) is 146 Å². The van der Waals surface area contributed by atoms with Gasteiger partial charge in [-0.1, -0.05) is 77.9 Å². The summed E-state index contributed by atoms with van der Waals surface area (Å²) in [6.45, 7) is 22.4. The third kappa shape index (κ3) is 85.3. The summed E-state index contributed by atoms with van der Waals surface area (Å²) in [4.78, 5) is 25.1. The van der Waals surface area contributed by atoms with Crippen molar-refractivity contribution >= 4 is 0 Å². The molecule has 0 fully saturated rings. The number of aliphatic hydroxyl groups excluding tert-OH is 6. The monoisotopic (exact) mass is 1570 g/mol. The van der Waals surface area contributed by atoms with Gasteiger partial charge in [-0.25, -0.2) is 0 Å². The fraction of sp³-hybridized carbons (Fsp3) is 0.500. The van der Waals surface area contributed by atoms with Crippen molar-refractivity contribution in [1.29, 1.82) is 0 Å². The second-order valence-electron chi connectivity index (χ2n) is 16.2. The minimum Gasteiger partial charge on any atom is -0.657 e. The van der Waals surface area contributed by atoms with E-state index in [1.54, 1.807) is 37.2 Å². The van der Waals surface area contributed by atoms with Crippen LogP contribution in [0, 0.1) is 0 Å². The first-order valence-corrected chi connectivity index (χ1v) is 27.5. The van der Waals surface area contributed by atoms with E-state index in [1.165, 1.54) is 20.8 Å². The first-order valence-electron chi connectivity index (χ1n) is 27.5. The number of hydrogen-bond acceptors (Lipinski definition) is 15. The molecule has 6 aromatic rings. The number of aromatic nitrogens is 6. The first kappa shape index (κ1) is 115. The van der Waals surface area contributed by atoms with Crippen LogP contribution in [0.4, 0.5) is 0 Å². The van der Waals surface area contributed by atoms with Crippen LogP contribution in [-0.4, -0.2) is 169 Å². The van der Waals surface area contributed by atoms with E-state index in [-0.39, 0.29) is 123 Å². The third-order valence-corrected chi connectivity index (χ3v) is 8.88. The average Bonchev–Trinajstić information content (AvgIpc) is 3.64. The molecule has 0 amide bonds. The average molecular weight is 1570 g/mol. The molecule has 90 heavy (non-hydrogen) atoms. The summed E-state index contributed by atoms with van der Waals surface area (Å²) in [5.41, 5.74) is 5.61. The summed E-state index contributed by atoms with van der Waals surface area (Å²) < 4.78 is 0. The van der Waals surface area contributed by atoms with Crippen molar-refractivity contribution in [3.05, 3.63) is 212 Å². The molecule has 30 heteroatoms. The standard InChI is InChI=1S/3C16H20N4O.3C2H6O2.3C2H6.6Cu.3H2O.3H2/c3*21-16(13-18-12-15-6-2-4-9-20-15)7-10-17-11-14-5-1-3-8-19-14;3*1-2(3)4;3*1-2;;;;;;;;;;;;/h3*1-6,8-9,16,21H,7,10-13H2;3*2-4H,1H3;3*1-2H3;;;;;;;3*1H2;3*1H/q3*-2;;;;;;;6*+1;;;;;;/t2*16-;;;;;;;;;;;;;;;;;;;/m10.................../s1. The van der Waals surface area contributed by atoms with Crippen molar-refractivity contribution in [2.75, 3.05) is 39.3 Å². The largest absolute Gasteiger partial charge is 1.00 e. The molecule has 546 valence electrons. The molecule has 24 nitrogen and oxygen atoms in total. The molecule has 15 N–H and O–H groups in total. The van der Waals surface area contributed by atoms with Crippen LogP contribution in [0.1, 0.15) is 120 Å². The summed E-state index contributed by atoms with van der Waals surface area (Å²) in [7, 11) is 0. The number of hydrogen-bond donors (Lipinski definition) is 9. The fourth-order valence-electron chi connectivity index (χ4n) is 5.51. The number of rotatable bonds is 27. The normalized spacial score (nSPS) is 9.97. The maximum atomic E-state index is 9.83. The summed E-state index contributed by atoms with van der Waals surface area (Å²) >= 11 is 0. The Labute approximate surface area is 604 Å². The molecular formula is C60H108Cu6N12O12. The fourth-order valence-corrected chi connectivity index (χ4v) is 5.51. The molecule has 0 bridgehead atoms. The van der Waals surface area contributed by atoms with Gasteiger partial charge in [0.05, 0.1) is 0 Å².